The fourth-order valence-electron chi connectivity index (χ4n) is 1.21. The van der Waals surface area contributed by atoms with Crippen LogP contribution in [-0.4, -0.2) is 13.2 Å². The molecular weight excluding hydrogens is 195 g/mol. The van der Waals surface area contributed by atoms with Gasteiger partial charge in [0.1, 0.15) is 12.4 Å². The molecule has 2 nitrogen and oxygen atoms in total. The fraction of sp³-hybridized carbons (Fsp3) is 0.333. The molecule has 0 aliphatic carbocycles. The van der Waals surface area contributed by atoms with Gasteiger partial charge in [-0.2, -0.15) is 0 Å². The first kappa shape index (κ1) is 11.6. The van der Waals surface area contributed by atoms with Crippen LogP contribution in [0.4, 0.5) is 4.39 Å². The Bertz CT molecular complexity index is 348. The summed E-state index contributed by atoms with van der Waals surface area (Å²) in [5, 5.41) is 0. The van der Waals surface area contributed by atoms with Crippen molar-refractivity contribution in [2.45, 2.75) is 13.8 Å². The first-order valence-corrected chi connectivity index (χ1v) is 4.86. The molecule has 0 amide bonds. The summed E-state index contributed by atoms with van der Waals surface area (Å²) in [7, 11) is 0. The lowest BCUT2D eigenvalue weighted by Crippen LogP contribution is -2.00. The highest BCUT2D eigenvalue weighted by molar-refractivity contribution is 5.41. The molecule has 0 heterocycles. The van der Waals surface area contributed by atoms with Crippen LogP contribution in [0, 0.1) is 12.7 Å². The van der Waals surface area contributed by atoms with E-state index in [0.29, 0.717) is 24.5 Å². The average molecular weight is 210 g/mol. The predicted molar refractivity (Wildman–Crippen MR) is 58.0 cm³/mol. The molecule has 0 unspecified atom stereocenters. The van der Waals surface area contributed by atoms with Gasteiger partial charge in [0.15, 0.2) is 11.6 Å². The zero-order valence-corrected chi connectivity index (χ0v) is 9.05. The minimum atomic E-state index is -0.363. The highest BCUT2D eigenvalue weighted by atomic mass is 19.1. The largest absolute Gasteiger partial charge is 0.491 e. The minimum absolute atomic E-state index is 0.265. The van der Waals surface area contributed by atoms with Gasteiger partial charge in [0.2, 0.25) is 0 Å². The third-order valence-electron chi connectivity index (χ3n) is 1.96. The summed E-state index contributed by atoms with van der Waals surface area (Å²) < 4.78 is 24.1. The van der Waals surface area contributed by atoms with Crippen molar-refractivity contribution in [2.75, 3.05) is 13.2 Å². The first-order valence-electron chi connectivity index (χ1n) is 4.86. The molecule has 1 aromatic rings. The van der Waals surface area contributed by atoms with Crippen molar-refractivity contribution >= 4 is 0 Å². The van der Waals surface area contributed by atoms with E-state index in [1.165, 1.54) is 0 Å². The first-order chi connectivity index (χ1) is 7.20. The Morgan fingerprint density at radius 1 is 1.33 bits per heavy atom. The van der Waals surface area contributed by atoms with E-state index < -0.39 is 0 Å². The van der Waals surface area contributed by atoms with Crippen LogP contribution in [0.5, 0.6) is 11.5 Å². The van der Waals surface area contributed by atoms with E-state index in [4.69, 9.17) is 9.47 Å². The Hall–Kier alpha value is -1.51. The molecule has 3 heteroatoms. The number of hydrogen-bond donors (Lipinski definition) is 0. The Balaban J connectivity index is 2.93. The summed E-state index contributed by atoms with van der Waals surface area (Å²) in [4.78, 5) is 0. The van der Waals surface area contributed by atoms with Gasteiger partial charge in [-0.05, 0) is 26.0 Å². The molecule has 1 aromatic carbocycles. The van der Waals surface area contributed by atoms with Crippen molar-refractivity contribution in [1.82, 2.24) is 0 Å². The van der Waals surface area contributed by atoms with Crippen molar-refractivity contribution in [1.29, 1.82) is 0 Å². The Morgan fingerprint density at radius 3 is 2.60 bits per heavy atom. The van der Waals surface area contributed by atoms with Crippen molar-refractivity contribution < 1.29 is 13.9 Å². The van der Waals surface area contributed by atoms with Gasteiger partial charge in [0, 0.05) is 5.56 Å². The fourth-order valence-corrected chi connectivity index (χ4v) is 1.21. The van der Waals surface area contributed by atoms with Crippen molar-refractivity contribution in [3.05, 3.63) is 36.2 Å². The molecule has 0 aliphatic heterocycles. The maximum absolute atomic E-state index is 13.6. The van der Waals surface area contributed by atoms with Gasteiger partial charge in [0.05, 0.1) is 6.61 Å². The quantitative estimate of drug-likeness (QED) is 0.695. The summed E-state index contributed by atoms with van der Waals surface area (Å²) in [5.41, 5.74) is 0.461. The van der Waals surface area contributed by atoms with Crippen molar-refractivity contribution in [3.8, 4) is 11.5 Å². The van der Waals surface area contributed by atoms with Crippen LogP contribution >= 0.6 is 0 Å². The second-order valence-electron chi connectivity index (χ2n) is 3.03. The third-order valence-corrected chi connectivity index (χ3v) is 1.96. The molecule has 0 aromatic heterocycles. The third kappa shape index (κ3) is 2.72. The molecule has 82 valence electrons. The number of ether oxygens (including phenoxy) is 2. The molecule has 0 fully saturated rings. The second-order valence-corrected chi connectivity index (χ2v) is 3.03. The summed E-state index contributed by atoms with van der Waals surface area (Å²) >= 11 is 0. The van der Waals surface area contributed by atoms with Crippen molar-refractivity contribution in [3.63, 3.8) is 0 Å². The van der Waals surface area contributed by atoms with Crippen molar-refractivity contribution in [2.24, 2.45) is 0 Å². The van der Waals surface area contributed by atoms with E-state index in [0.717, 1.165) is 0 Å². The maximum atomic E-state index is 13.6. The molecule has 1 rings (SSSR count). The molecule has 0 radical (unpaired) electrons. The average Bonchev–Trinajstić information content (AvgIpc) is 2.24. The highest BCUT2D eigenvalue weighted by Gasteiger charge is 2.10. The number of benzene rings is 1. The lowest BCUT2D eigenvalue weighted by molar-refractivity contribution is 0.315. The number of hydrogen-bond acceptors (Lipinski definition) is 2. The summed E-state index contributed by atoms with van der Waals surface area (Å²) in [5.74, 6) is 0.426. The zero-order valence-electron chi connectivity index (χ0n) is 9.05. The van der Waals surface area contributed by atoms with Crippen LogP contribution in [0.15, 0.2) is 24.8 Å². The number of rotatable bonds is 5. The topological polar surface area (TPSA) is 18.5 Å². The van der Waals surface area contributed by atoms with Gasteiger partial charge < -0.3 is 9.47 Å². The number of halogens is 1. The van der Waals surface area contributed by atoms with Gasteiger partial charge in [-0.3, -0.25) is 0 Å². The molecule has 0 bridgehead atoms. The van der Waals surface area contributed by atoms with E-state index in [1.54, 1.807) is 25.1 Å². The van der Waals surface area contributed by atoms with Crippen LogP contribution < -0.4 is 9.47 Å². The maximum Gasteiger partial charge on any atom is 0.171 e. The lowest BCUT2D eigenvalue weighted by Gasteiger charge is -2.11. The van der Waals surface area contributed by atoms with Crippen LogP contribution in [0.25, 0.3) is 0 Å². The standard InChI is InChI=1S/C12H15FO2/c1-4-8-15-10-6-7-11(14-5-2)12(13)9(10)3/h4,6-7H,1,5,8H2,2-3H3. The normalized spacial score (nSPS) is 9.80. The van der Waals surface area contributed by atoms with Crippen LogP contribution in [0.3, 0.4) is 0 Å². The molecular formula is C12H15FO2. The molecule has 0 aliphatic rings. The van der Waals surface area contributed by atoms with Gasteiger partial charge in [0.25, 0.3) is 0 Å². The molecule has 0 spiro atoms. The predicted octanol–water partition coefficient (Wildman–Crippen LogP) is 3.10. The lowest BCUT2D eigenvalue weighted by atomic mass is 10.2. The molecule has 0 N–H and O–H groups in total. The Kier molecular flexibility index (Phi) is 4.16. The van der Waals surface area contributed by atoms with Gasteiger partial charge in [-0.1, -0.05) is 12.7 Å². The van der Waals surface area contributed by atoms with Crippen LogP contribution in [0.1, 0.15) is 12.5 Å². The highest BCUT2D eigenvalue weighted by Crippen LogP contribution is 2.28. The smallest absolute Gasteiger partial charge is 0.171 e. The zero-order chi connectivity index (χ0) is 11.3. The summed E-state index contributed by atoms with van der Waals surface area (Å²) in [6.07, 6.45) is 1.62. The molecule has 15 heavy (non-hydrogen) atoms. The minimum Gasteiger partial charge on any atom is -0.491 e. The Morgan fingerprint density at radius 2 is 2.00 bits per heavy atom. The van der Waals surface area contributed by atoms with Crippen LogP contribution in [-0.2, 0) is 0 Å². The van der Waals surface area contributed by atoms with E-state index in [2.05, 4.69) is 6.58 Å². The summed E-state index contributed by atoms with van der Waals surface area (Å²) in [6.45, 7) is 7.83. The van der Waals surface area contributed by atoms with Crippen LogP contribution in [0.2, 0.25) is 0 Å². The monoisotopic (exact) mass is 210 g/mol. The molecule has 0 saturated carbocycles. The van der Waals surface area contributed by atoms with E-state index >= 15 is 0 Å². The van der Waals surface area contributed by atoms with Gasteiger partial charge >= 0.3 is 0 Å². The van der Waals surface area contributed by atoms with E-state index in [9.17, 15) is 4.39 Å². The Labute approximate surface area is 89.3 Å². The molecule has 0 atom stereocenters. The second kappa shape index (κ2) is 5.39. The SMILES string of the molecule is C=CCOc1ccc(OCC)c(F)c1C. The van der Waals surface area contributed by atoms with Gasteiger partial charge in [-0.25, -0.2) is 4.39 Å². The van der Waals surface area contributed by atoms with E-state index in [1.807, 2.05) is 6.92 Å². The summed E-state index contributed by atoms with van der Waals surface area (Å²) in [6, 6.07) is 3.27. The van der Waals surface area contributed by atoms with E-state index in [-0.39, 0.29) is 11.6 Å². The molecule has 0 saturated heterocycles. The van der Waals surface area contributed by atoms with Gasteiger partial charge in [-0.15, -0.1) is 0 Å².